The number of carbonyl (C=O) groups excluding carboxylic acids is 2. The van der Waals surface area contributed by atoms with Crippen LogP contribution in [0, 0.1) is 0 Å². The van der Waals surface area contributed by atoms with Gasteiger partial charge in [0, 0.05) is 12.8 Å². The predicted molar refractivity (Wildman–Crippen MR) is 262 cm³/mol. The van der Waals surface area contributed by atoms with Crippen LogP contribution in [-0.4, -0.2) is 42.8 Å². The summed E-state index contributed by atoms with van der Waals surface area (Å²) in [6.45, 7) is 5.26. The normalized spacial score (nSPS) is 14.1. The van der Waals surface area contributed by atoms with Crippen LogP contribution < -0.4 is 0 Å². The van der Waals surface area contributed by atoms with Gasteiger partial charge in [-0.2, -0.15) is 0 Å². The Morgan fingerprint density at radius 1 is 0.452 bits per heavy atom. The molecule has 1 N–H and O–H groups in total. The molecule has 0 amide bonds. The van der Waals surface area contributed by atoms with Crippen molar-refractivity contribution in [3.8, 4) is 0 Å². The maximum atomic E-state index is 12.6. The van der Waals surface area contributed by atoms with Crippen LogP contribution in [0.25, 0.3) is 0 Å². The number of allylic oxidation sites excluding steroid dienone is 16. The van der Waals surface area contributed by atoms with Gasteiger partial charge in [0.1, 0.15) is 6.61 Å². The van der Waals surface area contributed by atoms with E-state index in [1.165, 1.54) is 96.3 Å². The van der Waals surface area contributed by atoms with Crippen LogP contribution in [-0.2, 0) is 32.7 Å². The van der Waals surface area contributed by atoms with E-state index in [9.17, 15) is 19.0 Å². The Morgan fingerprint density at radius 3 is 1.31 bits per heavy atom. The van der Waals surface area contributed by atoms with Gasteiger partial charge in [0.05, 0.1) is 13.2 Å². The summed E-state index contributed by atoms with van der Waals surface area (Å²) in [6, 6.07) is 0. The summed E-state index contributed by atoms with van der Waals surface area (Å²) in [7, 11) is -4.31. The van der Waals surface area contributed by atoms with E-state index in [1.807, 2.05) is 12.2 Å². The van der Waals surface area contributed by atoms with E-state index in [-0.39, 0.29) is 26.1 Å². The van der Waals surface area contributed by atoms with E-state index in [4.69, 9.17) is 18.5 Å². The fourth-order valence-electron chi connectivity index (χ4n) is 6.33. The van der Waals surface area contributed by atoms with Crippen LogP contribution in [0.4, 0.5) is 0 Å². The molecule has 0 aromatic carbocycles. The van der Waals surface area contributed by atoms with Gasteiger partial charge in [-0.3, -0.25) is 18.6 Å². The van der Waals surface area contributed by atoms with Crippen molar-refractivity contribution in [3.63, 3.8) is 0 Å². The van der Waals surface area contributed by atoms with Crippen LogP contribution in [0.15, 0.2) is 97.2 Å². The molecule has 0 aliphatic carbocycles. The summed E-state index contributed by atoms with van der Waals surface area (Å²) >= 11 is 0. The summed E-state index contributed by atoms with van der Waals surface area (Å²) in [5.74, 6) is -0.902. The quantitative estimate of drug-likeness (QED) is 0.0279. The first-order valence-corrected chi connectivity index (χ1v) is 26.0. The molecule has 0 saturated carbocycles. The summed E-state index contributed by atoms with van der Waals surface area (Å²) in [5, 5.41) is 0. The molecule has 8 nitrogen and oxygen atoms in total. The molecule has 9 heteroatoms. The van der Waals surface area contributed by atoms with Gasteiger partial charge in [-0.25, -0.2) is 4.57 Å². The third-order valence-electron chi connectivity index (χ3n) is 9.89. The number of hydrogen-bond donors (Lipinski definition) is 1. The minimum atomic E-state index is -4.31. The zero-order valence-corrected chi connectivity index (χ0v) is 40.4. The monoisotopic (exact) mass is 885 g/mol. The lowest BCUT2D eigenvalue weighted by molar-refractivity contribution is -0.161. The number of unbranched alkanes of at least 4 members (excludes halogenated alkanes) is 16. The molecule has 0 aliphatic rings. The zero-order chi connectivity index (χ0) is 45.3. The number of phosphoric acid groups is 1. The van der Waals surface area contributed by atoms with E-state index in [1.54, 1.807) is 6.92 Å². The number of phosphoric ester groups is 1. The Hall–Kier alpha value is -3.03. The molecule has 0 fully saturated rings. The molecule has 0 rings (SSSR count). The first kappa shape index (κ1) is 59.0. The van der Waals surface area contributed by atoms with Gasteiger partial charge in [0.2, 0.25) is 0 Å². The third kappa shape index (κ3) is 46.5. The molecule has 0 heterocycles. The van der Waals surface area contributed by atoms with Gasteiger partial charge in [-0.1, -0.05) is 195 Å². The third-order valence-corrected chi connectivity index (χ3v) is 10.9. The van der Waals surface area contributed by atoms with Crippen molar-refractivity contribution in [2.24, 2.45) is 0 Å². The molecule has 62 heavy (non-hydrogen) atoms. The van der Waals surface area contributed by atoms with Gasteiger partial charge in [0.25, 0.3) is 0 Å². The number of rotatable bonds is 44. The van der Waals surface area contributed by atoms with E-state index in [0.29, 0.717) is 6.42 Å². The number of esters is 2. The molecule has 0 radical (unpaired) electrons. The Balaban J connectivity index is 4.12. The lowest BCUT2D eigenvalue weighted by Crippen LogP contribution is -2.29. The maximum absolute atomic E-state index is 12.6. The topological polar surface area (TPSA) is 108 Å². The Kier molecular flexibility index (Phi) is 45.1. The molecular formula is C53H89O8P. The summed E-state index contributed by atoms with van der Waals surface area (Å²) in [6.07, 6.45) is 63.4. The van der Waals surface area contributed by atoms with Crippen LogP contribution in [0.2, 0.25) is 0 Å². The standard InChI is InChI=1S/C53H89O8P/c1-4-7-9-11-13-15-17-19-21-23-25-26-27-28-30-31-33-35-37-39-41-43-45-47-52(54)58-49-51(50-60-62(56,57)59-6-3)61-53(55)48-46-44-42-40-38-36-34-32-29-24-22-20-18-16-14-12-10-8-5-2/h8,10,14,16-17,19-20,22-23,25,29,32,36,38,42,44,51H,4-7,9,11-13,15,18,21,24,26-28,30-31,33-35,37,39-41,43,45-50H2,1-3H3,(H,56,57)/b10-8-,16-14-,19-17-,22-20-,25-23-,32-29-,38-36-,44-42-. The van der Waals surface area contributed by atoms with Crippen molar-refractivity contribution in [2.75, 3.05) is 19.8 Å². The molecule has 2 unspecified atom stereocenters. The van der Waals surface area contributed by atoms with E-state index in [0.717, 1.165) is 64.2 Å². The molecule has 0 aliphatic heterocycles. The average molecular weight is 885 g/mol. The maximum Gasteiger partial charge on any atom is 0.472 e. The Bertz CT molecular complexity index is 1320. The van der Waals surface area contributed by atoms with Gasteiger partial charge < -0.3 is 14.4 Å². The van der Waals surface area contributed by atoms with Crippen LogP contribution >= 0.6 is 7.82 Å². The highest BCUT2D eigenvalue weighted by atomic mass is 31.2. The van der Waals surface area contributed by atoms with Crippen LogP contribution in [0.3, 0.4) is 0 Å². The van der Waals surface area contributed by atoms with Crippen molar-refractivity contribution in [1.29, 1.82) is 0 Å². The van der Waals surface area contributed by atoms with Crippen molar-refractivity contribution < 1.29 is 37.6 Å². The van der Waals surface area contributed by atoms with E-state index in [2.05, 4.69) is 98.9 Å². The van der Waals surface area contributed by atoms with Crippen molar-refractivity contribution in [2.45, 2.75) is 207 Å². The lowest BCUT2D eigenvalue weighted by Gasteiger charge is -2.19. The first-order chi connectivity index (χ1) is 30.3. The van der Waals surface area contributed by atoms with Crippen LogP contribution in [0.1, 0.15) is 201 Å². The average Bonchev–Trinajstić information content (AvgIpc) is 3.25. The van der Waals surface area contributed by atoms with Crippen molar-refractivity contribution in [3.05, 3.63) is 97.2 Å². The first-order valence-electron chi connectivity index (χ1n) is 24.5. The second-order valence-electron chi connectivity index (χ2n) is 15.7. The smallest absolute Gasteiger partial charge is 0.462 e. The van der Waals surface area contributed by atoms with Crippen LogP contribution in [0.5, 0.6) is 0 Å². The van der Waals surface area contributed by atoms with Crippen molar-refractivity contribution >= 4 is 19.8 Å². The Morgan fingerprint density at radius 2 is 0.855 bits per heavy atom. The predicted octanol–water partition coefficient (Wildman–Crippen LogP) is 16.0. The molecule has 0 aromatic rings. The van der Waals surface area contributed by atoms with Crippen molar-refractivity contribution in [1.82, 2.24) is 0 Å². The largest absolute Gasteiger partial charge is 0.472 e. The fraction of sp³-hybridized carbons (Fsp3) is 0.660. The molecule has 354 valence electrons. The Labute approximate surface area is 379 Å². The summed E-state index contributed by atoms with van der Waals surface area (Å²) < 4.78 is 32.7. The fourth-order valence-corrected chi connectivity index (χ4v) is 7.09. The van der Waals surface area contributed by atoms with Gasteiger partial charge in [0.15, 0.2) is 6.10 Å². The molecule has 0 saturated heterocycles. The summed E-state index contributed by atoms with van der Waals surface area (Å²) in [5.41, 5.74) is 0. The minimum absolute atomic E-state index is 0.0184. The number of hydrogen-bond acceptors (Lipinski definition) is 7. The van der Waals surface area contributed by atoms with Gasteiger partial charge >= 0.3 is 19.8 Å². The minimum Gasteiger partial charge on any atom is -0.462 e. The highest BCUT2D eigenvalue weighted by molar-refractivity contribution is 7.47. The summed E-state index contributed by atoms with van der Waals surface area (Å²) in [4.78, 5) is 34.8. The van der Waals surface area contributed by atoms with Gasteiger partial charge in [-0.15, -0.1) is 0 Å². The van der Waals surface area contributed by atoms with E-state index >= 15 is 0 Å². The second-order valence-corrected chi connectivity index (χ2v) is 17.2. The zero-order valence-electron chi connectivity index (χ0n) is 39.5. The molecule has 2 atom stereocenters. The highest BCUT2D eigenvalue weighted by Gasteiger charge is 2.25. The molecular weight excluding hydrogens is 796 g/mol. The van der Waals surface area contributed by atoms with E-state index < -0.39 is 32.5 Å². The molecule has 0 spiro atoms. The number of ether oxygens (including phenoxy) is 2. The lowest BCUT2D eigenvalue weighted by atomic mass is 10.0. The second kappa shape index (κ2) is 47.4. The SMILES string of the molecule is CC/C=C\C/C=C\C/C=C\C/C=C\C/C=C\C/C=C\CCC(=O)OC(COC(=O)CCCCCCCCCCCCC/C=C\C/C=C\CCCCCCC)COP(=O)(O)OCC. The molecule has 0 aromatic heterocycles. The number of carbonyl (C=O) groups is 2. The van der Waals surface area contributed by atoms with Gasteiger partial charge in [-0.05, 0) is 90.4 Å². The highest BCUT2D eigenvalue weighted by Crippen LogP contribution is 2.43. The molecule has 0 bridgehead atoms.